The largest absolute Gasteiger partial charge is 0.375 e. The van der Waals surface area contributed by atoms with E-state index in [9.17, 15) is 0 Å². The Hall–Kier alpha value is 0.350. The van der Waals surface area contributed by atoms with Crippen molar-refractivity contribution in [3.63, 3.8) is 0 Å². The summed E-state index contributed by atoms with van der Waals surface area (Å²) in [6.45, 7) is 2.63. The number of anilines is 1. The molecule has 1 rings (SSSR count). The van der Waals surface area contributed by atoms with Crippen LogP contribution < -0.4 is 11.5 Å². The highest BCUT2D eigenvalue weighted by Crippen LogP contribution is 2.19. The highest BCUT2D eigenvalue weighted by molar-refractivity contribution is 8.93. The summed E-state index contributed by atoms with van der Waals surface area (Å²) in [7, 11) is 0. The van der Waals surface area contributed by atoms with E-state index in [4.69, 9.17) is 11.5 Å². The molecular formula is C6H13Br2N3S. The summed E-state index contributed by atoms with van der Waals surface area (Å²) in [4.78, 5) is 5.28. The van der Waals surface area contributed by atoms with E-state index in [0.717, 1.165) is 12.1 Å². The van der Waals surface area contributed by atoms with Gasteiger partial charge < -0.3 is 11.5 Å². The molecule has 4 N–H and O–H groups in total. The molecule has 12 heavy (non-hydrogen) atoms. The van der Waals surface area contributed by atoms with Crippen molar-refractivity contribution >= 4 is 50.4 Å². The van der Waals surface area contributed by atoms with Crippen LogP contribution in [0.4, 0.5) is 5.13 Å². The maximum absolute atomic E-state index is 5.48. The van der Waals surface area contributed by atoms with Crippen LogP contribution >= 0.6 is 45.3 Å². The van der Waals surface area contributed by atoms with Crippen molar-refractivity contribution in [1.29, 1.82) is 0 Å². The van der Waals surface area contributed by atoms with E-state index >= 15 is 0 Å². The fraction of sp³-hybridized carbons (Fsp3) is 0.500. The molecule has 6 heteroatoms. The van der Waals surface area contributed by atoms with Gasteiger partial charge in [-0.3, -0.25) is 0 Å². The molecule has 3 nitrogen and oxygen atoms in total. The van der Waals surface area contributed by atoms with Crippen LogP contribution in [0, 0.1) is 6.92 Å². The molecule has 0 aliphatic carbocycles. The Morgan fingerprint density at radius 1 is 1.42 bits per heavy atom. The van der Waals surface area contributed by atoms with Gasteiger partial charge in [-0.2, -0.15) is 0 Å². The lowest BCUT2D eigenvalue weighted by atomic mass is 10.3. The van der Waals surface area contributed by atoms with Gasteiger partial charge >= 0.3 is 0 Å². The Bertz CT molecular complexity index is 227. The van der Waals surface area contributed by atoms with Crippen molar-refractivity contribution in [1.82, 2.24) is 4.98 Å². The summed E-state index contributed by atoms with van der Waals surface area (Å²) in [5.41, 5.74) is 11.9. The van der Waals surface area contributed by atoms with Crippen LogP contribution in [0.25, 0.3) is 0 Å². The lowest BCUT2D eigenvalue weighted by Crippen LogP contribution is -2.01. The van der Waals surface area contributed by atoms with Gasteiger partial charge in [-0.05, 0) is 19.9 Å². The number of aromatic nitrogens is 1. The molecule has 1 aromatic heterocycles. The molecule has 0 radical (unpaired) electrons. The van der Waals surface area contributed by atoms with E-state index in [2.05, 4.69) is 4.98 Å². The fourth-order valence-electron chi connectivity index (χ4n) is 0.814. The van der Waals surface area contributed by atoms with Crippen LogP contribution in [0.3, 0.4) is 0 Å². The average Bonchev–Trinajstić information content (AvgIpc) is 2.13. The molecule has 1 aromatic rings. The van der Waals surface area contributed by atoms with E-state index < -0.39 is 0 Å². The maximum atomic E-state index is 5.48. The van der Waals surface area contributed by atoms with Gasteiger partial charge in [-0.1, -0.05) is 0 Å². The summed E-state index contributed by atoms with van der Waals surface area (Å²) in [6.07, 6.45) is 0.890. The number of rotatable bonds is 2. The summed E-state index contributed by atoms with van der Waals surface area (Å²) in [5, 5.41) is 0.640. The molecule has 0 aliphatic rings. The Morgan fingerprint density at radius 3 is 2.33 bits per heavy atom. The number of nitrogen functional groups attached to an aromatic ring is 1. The third kappa shape index (κ3) is 3.84. The molecule has 0 saturated carbocycles. The molecular weight excluding hydrogens is 306 g/mol. The molecule has 0 aliphatic heterocycles. The van der Waals surface area contributed by atoms with Crippen LogP contribution in [0.1, 0.15) is 10.6 Å². The minimum Gasteiger partial charge on any atom is -0.375 e. The third-order valence-corrected chi connectivity index (χ3v) is 2.33. The first-order valence-electron chi connectivity index (χ1n) is 3.16. The normalized spacial score (nSPS) is 8.50. The first kappa shape index (κ1) is 14.9. The highest BCUT2D eigenvalue weighted by Gasteiger charge is 2.02. The molecule has 72 valence electrons. The first-order chi connectivity index (χ1) is 4.74. The zero-order valence-corrected chi connectivity index (χ0v) is 11.0. The van der Waals surface area contributed by atoms with Crippen LogP contribution in [0.15, 0.2) is 0 Å². The van der Waals surface area contributed by atoms with E-state index in [1.807, 2.05) is 6.92 Å². The van der Waals surface area contributed by atoms with E-state index in [0.29, 0.717) is 11.7 Å². The zero-order chi connectivity index (χ0) is 7.56. The summed E-state index contributed by atoms with van der Waals surface area (Å²) < 4.78 is 0. The van der Waals surface area contributed by atoms with E-state index in [1.54, 1.807) is 0 Å². The molecule has 0 atom stereocenters. The zero-order valence-electron chi connectivity index (χ0n) is 6.74. The topological polar surface area (TPSA) is 64.9 Å². The van der Waals surface area contributed by atoms with Gasteiger partial charge in [0.1, 0.15) is 0 Å². The lowest BCUT2D eigenvalue weighted by Gasteiger charge is -1.90. The minimum absolute atomic E-state index is 0. The molecule has 0 saturated heterocycles. The van der Waals surface area contributed by atoms with Gasteiger partial charge in [0.05, 0.1) is 5.69 Å². The maximum Gasteiger partial charge on any atom is 0.180 e. The predicted octanol–water partition coefficient (Wildman–Crippen LogP) is 1.69. The first-order valence-corrected chi connectivity index (χ1v) is 3.97. The SMILES string of the molecule is Br.Br.Cc1nc(N)sc1CCN. The summed E-state index contributed by atoms with van der Waals surface area (Å²) in [6, 6.07) is 0. The Morgan fingerprint density at radius 2 is 2.00 bits per heavy atom. The molecule has 0 fully saturated rings. The van der Waals surface area contributed by atoms with E-state index in [1.165, 1.54) is 16.2 Å². The highest BCUT2D eigenvalue weighted by atomic mass is 79.9. The molecule has 1 heterocycles. The number of nitrogens with two attached hydrogens (primary N) is 2. The number of hydrogen-bond donors (Lipinski definition) is 2. The third-order valence-electron chi connectivity index (χ3n) is 1.28. The van der Waals surface area contributed by atoms with Crippen LogP contribution in [-0.4, -0.2) is 11.5 Å². The lowest BCUT2D eigenvalue weighted by molar-refractivity contribution is 0.970. The molecule has 0 amide bonds. The molecule has 0 unspecified atom stereocenters. The van der Waals surface area contributed by atoms with Crippen LogP contribution in [0.5, 0.6) is 0 Å². The standard InChI is InChI=1S/C6H11N3S.2BrH/c1-4-5(2-3-7)10-6(8)9-4;;/h2-3,7H2,1H3,(H2,8,9);2*1H. The van der Waals surface area contributed by atoms with Gasteiger partial charge in [0.2, 0.25) is 0 Å². The van der Waals surface area contributed by atoms with Crippen LogP contribution in [0.2, 0.25) is 0 Å². The van der Waals surface area contributed by atoms with E-state index in [-0.39, 0.29) is 34.0 Å². The van der Waals surface area contributed by atoms with Gasteiger partial charge in [0.25, 0.3) is 0 Å². The summed E-state index contributed by atoms with van der Waals surface area (Å²) >= 11 is 1.53. The smallest absolute Gasteiger partial charge is 0.180 e. The second-order valence-electron chi connectivity index (χ2n) is 2.10. The second kappa shape index (κ2) is 6.82. The quantitative estimate of drug-likeness (QED) is 0.872. The number of thiazole rings is 1. The number of aryl methyl sites for hydroxylation is 1. The van der Waals surface area contributed by atoms with Crippen molar-refractivity contribution in [3.8, 4) is 0 Å². The monoisotopic (exact) mass is 317 g/mol. The van der Waals surface area contributed by atoms with Crippen molar-refractivity contribution < 1.29 is 0 Å². The fourth-order valence-corrected chi connectivity index (χ4v) is 1.66. The number of halogens is 2. The molecule has 0 aromatic carbocycles. The van der Waals surface area contributed by atoms with Gasteiger partial charge in [0.15, 0.2) is 5.13 Å². The van der Waals surface area contributed by atoms with Crippen LogP contribution in [-0.2, 0) is 6.42 Å². The van der Waals surface area contributed by atoms with Crippen molar-refractivity contribution in [2.75, 3.05) is 12.3 Å². The number of hydrogen-bond acceptors (Lipinski definition) is 4. The van der Waals surface area contributed by atoms with Gasteiger partial charge in [-0.25, -0.2) is 4.98 Å². The molecule has 0 spiro atoms. The van der Waals surface area contributed by atoms with Gasteiger partial charge in [0, 0.05) is 4.88 Å². The van der Waals surface area contributed by atoms with Crippen molar-refractivity contribution in [2.45, 2.75) is 13.3 Å². The Labute approximate surface area is 97.1 Å². The van der Waals surface area contributed by atoms with Crippen molar-refractivity contribution in [3.05, 3.63) is 10.6 Å². The predicted molar refractivity (Wildman–Crippen MR) is 64.7 cm³/mol. The number of nitrogens with zero attached hydrogens (tertiary/aromatic N) is 1. The Balaban J connectivity index is 0. The Kier molecular flexibility index (Phi) is 8.44. The molecule has 0 bridgehead atoms. The van der Waals surface area contributed by atoms with Gasteiger partial charge in [-0.15, -0.1) is 45.3 Å². The summed E-state index contributed by atoms with van der Waals surface area (Å²) in [5.74, 6) is 0. The average molecular weight is 319 g/mol. The minimum atomic E-state index is 0. The second-order valence-corrected chi connectivity index (χ2v) is 3.21. The van der Waals surface area contributed by atoms with Crippen molar-refractivity contribution in [2.24, 2.45) is 5.73 Å².